The molecule has 1 atom stereocenters. The lowest BCUT2D eigenvalue weighted by Crippen LogP contribution is -2.44. The highest BCUT2D eigenvalue weighted by molar-refractivity contribution is 7.89. The zero-order chi connectivity index (χ0) is 16.3. The van der Waals surface area contributed by atoms with Crippen LogP contribution in [0.4, 0.5) is 0 Å². The molecule has 0 aromatic heterocycles. The average Bonchev–Trinajstić information content (AvgIpc) is 2.63. The van der Waals surface area contributed by atoms with E-state index in [0.29, 0.717) is 13.1 Å². The second-order valence-electron chi connectivity index (χ2n) is 6.90. The van der Waals surface area contributed by atoms with E-state index in [1.807, 2.05) is 30.3 Å². The number of nitrogens with zero attached hydrogens (tertiary/aromatic N) is 1. The molecular weight excluding hydrogens is 310 g/mol. The predicted molar refractivity (Wildman–Crippen MR) is 91.5 cm³/mol. The number of aliphatic hydroxyl groups excluding tert-OH is 1. The lowest BCUT2D eigenvalue weighted by molar-refractivity contribution is 0.0758. The van der Waals surface area contributed by atoms with Crippen molar-refractivity contribution in [1.29, 1.82) is 0 Å². The van der Waals surface area contributed by atoms with E-state index in [9.17, 15) is 13.5 Å². The van der Waals surface area contributed by atoms with Crippen LogP contribution in [-0.2, 0) is 10.0 Å². The molecule has 2 fully saturated rings. The molecule has 1 saturated carbocycles. The van der Waals surface area contributed by atoms with Crippen LogP contribution in [0.3, 0.4) is 0 Å². The Balaban J connectivity index is 1.59. The predicted octanol–water partition coefficient (Wildman–Crippen LogP) is 3.09. The molecule has 0 unspecified atom stereocenters. The van der Waals surface area contributed by atoms with E-state index < -0.39 is 16.1 Å². The standard InChI is InChI=1S/C18H27NO3S/c20-18(15-7-3-1-4-8-15)16-11-13-19(14-12-16)23(21,22)17-9-5-2-6-10-17/h1,3-4,7-8,16-18,20H,2,5-6,9-14H2/t18-/m0/s1. The highest BCUT2D eigenvalue weighted by Gasteiger charge is 2.36. The van der Waals surface area contributed by atoms with Crippen molar-refractivity contribution in [1.82, 2.24) is 4.31 Å². The van der Waals surface area contributed by atoms with Crippen LogP contribution in [0.5, 0.6) is 0 Å². The van der Waals surface area contributed by atoms with Gasteiger partial charge < -0.3 is 5.11 Å². The molecule has 3 rings (SSSR count). The average molecular weight is 337 g/mol. The summed E-state index contributed by atoms with van der Waals surface area (Å²) in [6.45, 7) is 1.10. The Kier molecular flexibility index (Phi) is 5.39. The van der Waals surface area contributed by atoms with Gasteiger partial charge in [0.25, 0.3) is 0 Å². The van der Waals surface area contributed by atoms with Crippen LogP contribution in [-0.4, -0.2) is 36.2 Å². The number of hydrogen-bond donors (Lipinski definition) is 1. The Morgan fingerprint density at radius 3 is 2.17 bits per heavy atom. The van der Waals surface area contributed by atoms with E-state index in [2.05, 4.69) is 0 Å². The number of rotatable bonds is 4. The zero-order valence-electron chi connectivity index (χ0n) is 13.6. The molecule has 0 spiro atoms. The van der Waals surface area contributed by atoms with Crippen molar-refractivity contribution in [3.8, 4) is 0 Å². The molecule has 1 N–H and O–H groups in total. The molecule has 1 heterocycles. The molecule has 1 aromatic carbocycles. The third kappa shape index (κ3) is 3.78. The molecule has 128 valence electrons. The minimum absolute atomic E-state index is 0.148. The summed E-state index contributed by atoms with van der Waals surface area (Å²) in [7, 11) is -3.15. The summed E-state index contributed by atoms with van der Waals surface area (Å²) in [5, 5.41) is 10.3. The van der Waals surface area contributed by atoms with Gasteiger partial charge in [0.05, 0.1) is 11.4 Å². The highest BCUT2D eigenvalue weighted by atomic mass is 32.2. The molecule has 5 heteroatoms. The van der Waals surface area contributed by atoms with Gasteiger partial charge in [-0.1, -0.05) is 49.6 Å². The Bertz CT molecular complexity index is 588. The molecule has 1 aromatic rings. The molecule has 0 bridgehead atoms. The van der Waals surface area contributed by atoms with Crippen molar-refractivity contribution in [3.63, 3.8) is 0 Å². The van der Waals surface area contributed by atoms with Crippen LogP contribution in [0.15, 0.2) is 30.3 Å². The van der Waals surface area contributed by atoms with Gasteiger partial charge in [-0.25, -0.2) is 12.7 Å². The Labute approximate surface area is 139 Å². The molecule has 4 nitrogen and oxygen atoms in total. The summed E-state index contributed by atoms with van der Waals surface area (Å²) in [5.41, 5.74) is 0.932. The fraction of sp³-hybridized carbons (Fsp3) is 0.667. The largest absolute Gasteiger partial charge is 0.388 e. The molecule has 1 aliphatic heterocycles. The van der Waals surface area contributed by atoms with Gasteiger partial charge in [-0.05, 0) is 37.2 Å². The summed E-state index contributed by atoms with van der Waals surface area (Å²) in [6, 6.07) is 9.68. The summed E-state index contributed by atoms with van der Waals surface area (Å²) in [6.07, 6.45) is 5.85. The fourth-order valence-corrected chi connectivity index (χ4v) is 6.01. The summed E-state index contributed by atoms with van der Waals surface area (Å²) in [4.78, 5) is 0. The number of sulfonamides is 1. The Hall–Kier alpha value is -0.910. The number of hydrogen-bond acceptors (Lipinski definition) is 3. The first kappa shape index (κ1) is 16.9. The first-order valence-corrected chi connectivity index (χ1v) is 10.3. The molecule has 0 amide bonds. The second kappa shape index (κ2) is 7.32. The number of piperidine rings is 1. The zero-order valence-corrected chi connectivity index (χ0v) is 14.4. The molecule has 0 radical (unpaired) electrons. The lowest BCUT2D eigenvalue weighted by Gasteiger charge is -2.36. The van der Waals surface area contributed by atoms with Crippen molar-refractivity contribution in [3.05, 3.63) is 35.9 Å². The number of benzene rings is 1. The maximum Gasteiger partial charge on any atom is 0.216 e. The fourth-order valence-electron chi connectivity index (χ4n) is 3.94. The molecule has 2 aliphatic rings. The van der Waals surface area contributed by atoms with Crippen LogP contribution in [0.25, 0.3) is 0 Å². The normalized spacial score (nSPS) is 23.7. The van der Waals surface area contributed by atoms with Crippen molar-refractivity contribution in [2.75, 3.05) is 13.1 Å². The summed E-state index contributed by atoms with van der Waals surface area (Å²) < 4.78 is 27.2. The van der Waals surface area contributed by atoms with Crippen LogP contribution >= 0.6 is 0 Å². The van der Waals surface area contributed by atoms with Crippen molar-refractivity contribution < 1.29 is 13.5 Å². The van der Waals surface area contributed by atoms with Gasteiger partial charge >= 0.3 is 0 Å². The van der Waals surface area contributed by atoms with Gasteiger partial charge in [0.15, 0.2) is 0 Å². The van der Waals surface area contributed by atoms with Gasteiger partial charge in [-0.15, -0.1) is 0 Å². The molecule has 1 saturated heterocycles. The van der Waals surface area contributed by atoms with Gasteiger partial charge in [-0.3, -0.25) is 0 Å². The molecular formula is C18H27NO3S. The van der Waals surface area contributed by atoms with Gasteiger partial charge in [0.1, 0.15) is 0 Å². The van der Waals surface area contributed by atoms with Crippen LogP contribution in [0.2, 0.25) is 0 Å². The van der Waals surface area contributed by atoms with E-state index in [4.69, 9.17) is 0 Å². The number of aliphatic hydroxyl groups is 1. The van der Waals surface area contributed by atoms with Gasteiger partial charge in [-0.2, -0.15) is 0 Å². The summed E-state index contributed by atoms with van der Waals surface area (Å²) in [5.74, 6) is 0.148. The van der Waals surface area contributed by atoms with Crippen molar-refractivity contribution >= 4 is 10.0 Å². The highest BCUT2D eigenvalue weighted by Crippen LogP contribution is 2.33. The minimum Gasteiger partial charge on any atom is -0.388 e. The van der Waals surface area contributed by atoms with Crippen LogP contribution < -0.4 is 0 Å². The third-order valence-corrected chi connectivity index (χ3v) is 7.82. The maximum absolute atomic E-state index is 12.8. The first-order valence-electron chi connectivity index (χ1n) is 8.81. The monoisotopic (exact) mass is 337 g/mol. The first-order chi connectivity index (χ1) is 11.1. The van der Waals surface area contributed by atoms with Crippen LogP contribution in [0, 0.1) is 5.92 Å². The molecule has 23 heavy (non-hydrogen) atoms. The topological polar surface area (TPSA) is 57.6 Å². The van der Waals surface area contributed by atoms with E-state index in [1.54, 1.807) is 4.31 Å². The van der Waals surface area contributed by atoms with Crippen LogP contribution in [0.1, 0.15) is 56.6 Å². The van der Waals surface area contributed by atoms with E-state index in [1.165, 1.54) is 0 Å². The smallest absolute Gasteiger partial charge is 0.216 e. The van der Waals surface area contributed by atoms with E-state index in [0.717, 1.165) is 50.5 Å². The minimum atomic E-state index is -3.15. The van der Waals surface area contributed by atoms with Crippen molar-refractivity contribution in [2.24, 2.45) is 5.92 Å². The maximum atomic E-state index is 12.8. The van der Waals surface area contributed by atoms with Crippen molar-refractivity contribution in [2.45, 2.75) is 56.3 Å². The Morgan fingerprint density at radius 1 is 0.957 bits per heavy atom. The third-order valence-electron chi connectivity index (χ3n) is 5.42. The Morgan fingerprint density at radius 2 is 1.57 bits per heavy atom. The quantitative estimate of drug-likeness (QED) is 0.918. The van der Waals surface area contributed by atoms with E-state index in [-0.39, 0.29) is 11.2 Å². The SMILES string of the molecule is O=S(=O)(C1CCCCC1)N1CCC([C@@H](O)c2ccccc2)CC1. The van der Waals surface area contributed by atoms with Gasteiger partial charge in [0, 0.05) is 13.1 Å². The molecule has 1 aliphatic carbocycles. The van der Waals surface area contributed by atoms with Gasteiger partial charge in [0.2, 0.25) is 10.0 Å². The second-order valence-corrected chi connectivity index (χ2v) is 9.11. The lowest BCUT2D eigenvalue weighted by atomic mass is 9.88. The van der Waals surface area contributed by atoms with E-state index >= 15 is 0 Å². The summed E-state index contributed by atoms with van der Waals surface area (Å²) >= 11 is 0.